The Morgan fingerprint density at radius 1 is 1.02 bits per heavy atom. The van der Waals surface area contributed by atoms with Crippen LogP contribution >= 0.6 is 0 Å². The molecule has 59 heavy (non-hydrogen) atoms. The number of nitrogens with zero attached hydrogens (tertiary/aromatic N) is 3. The first-order valence-corrected chi connectivity index (χ1v) is 23.3. The lowest BCUT2D eigenvalue weighted by molar-refractivity contribution is -0.144. The van der Waals surface area contributed by atoms with Gasteiger partial charge in [-0.05, 0) is 102 Å². The Morgan fingerprint density at radius 2 is 1.78 bits per heavy atom. The molecule has 0 bridgehead atoms. The number of ether oxygens (including phenoxy) is 2. The zero-order valence-corrected chi connectivity index (χ0v) is 35.0. The summed E-state index contributed by atoms with van der Waals surface area (Å²) in [6.45, 7) is 1.66. The number of hydrogen-bond donors (Lipinski definition) is 3. The molecule has 318 valence electrons. The van der Waals surface area contributed by atoms with E-state index in [4.69, 9.17) is 14.5 Å². The molecule has 5 atom stereocenters. The van der Waals surface area contributed by atoms with Gasteiger partial charge >= 0.3 is 6.09 Å². The number of fused-ring (bicyclic) bond motifs is 5. The van der Waals surface area contributed by atoms with Crippen LogP contribution in [0.2, 0.25) is 0 Å². The highest BCUT2D eigenvalue weighted by Gasteiger charge is 2.64. The Morgan fingerprint density at radius 3 is 2.47 bits per heavy atom. The van der Waals surface area contributed by atoms with Gasteiger partial charge in [-0.15, -0.1) is 0 Å². The van der Waals surface area contributed by atoms with Crippen molar-refractivity contribution in [1.82, 2.24) is 24.8 Å². The van der Waals surface area contributed by atoms with Crippen molar-refractivity contribution >= 4 is 44.7 Å². The minimum absolute atomic E-state index is 0.0491. The largest absolute Gasteiger partial charge is 0.497 e. The zero-order valence-electron chi connectivity index (χ0n) is 34.2. The van der Waals surface area contributed by atoms with E-state index < -0.39 is 67.7 Å². The Balaban J connectivity index is 1.10. The first kappa shape index (κ1) is 40.0. The number of aryl methyl sites for hydroxylation is 1. The lowest BCUT2D eigenvalue weighted by atomic mass is 9.79. The maximum atomic E-state index is 15.3. The van der Waals surface area contributed by atoms with Crippen LogP contribution < -0.4 is 19.5 Å². The molecular weight excluding hydrogens is 775 g/mol. The van der Waals surface area contributed by atoms with E-state index in [-0.39, 0.29) is 31.3 Å². The van der Waals surface area contributed by atoms with Crippen molar-refractivity contribution in [1.29, 1.82) is 0 Å². The Bertz CT molecular complexity index is 2200. The number of hydrogen-bond acceptors (Lipinski definition) is 9. The van der Waals surface area contributed by atoms with E-state index >= 15 is 4.79 Å². The van der Waals surface area contributed by atoms with Crippen LogP contribution in [0.15, 0.2) is 30.4 Å². The summed E-state index contributed by atoms with van der Waals surface area (Å²) in [5, 5.41) is 14.6. The molecule has 2 aromatic rings. The molecule has 15 heteroatoms. The summed E-state index contributed by atoms with van der Waals surface area (Å²) in [5.41, 5.74) is 0.237. The number of methoxy groups -OCH3 is 1. The van der Waals surface area contributed by atoms with Crippen LogP contribution in [0.4, 0.5) is 4.79 Å². The molecule has 1 saturated heterocycles. The summed E-state index contributed by atoms with van der Waals surface area (Å²) >= 11 is 0. The topological polar surface area (TPSA) is 185 Å². The Hall–Kier alpha value is -4.40. The van der Waals surface area contributed by atoms with Crippen LogP contribution in [-0.2, 0) is 30.8 Å². The predicted octanol–water partition coefficient (Wildman–Crippen LogP) is 5.86. The number of pyridine rings is 1. The van der Waals surface area contributed by atoms with Crippen molar-refractivity contribution in [2.45, 2.75) is 162 Å². The summed E-state index contributed by atoms with van der Waals surface area (Å²) in [7, 11) is -2.38. The number of sulfonamides is 1. The summed E-state index contributed by atoms with van der Waals surface area (Å²) < 4.78 is 40.7. The van der Waals surface area contributed by atoms with Crippen LogP contribution in [-0.4, -0.2) is 99.8 Å². The van der Waals surface area contributed by atoms with E-state index in [1.54, 1.807) is 14.0 Å². The molecule has 9 rings (SSSR count). The third kappa shape index (κ3) is 7.12. The molecule has 0 radical (unpaired) electrons. The highest BCUT2D eigenvalue weighted by atomic mass is 32.2. The van der Waals surface area contributed by atoms with Crippen molar-refractivity contribution in [3.05, 3.63) is 41.6 Å². The molecule has 4 heterocycles. The summed E-state index contributed by atoms with van der Waals surface area (Å²) in [4.78, 5) is 65.4. The van der Waals surface area contributed by atoms with Gasteiger partial charge in [0.1, 0.15) is 34.7 Å². The van der Waals surface area contributed by atoms with Crippen LogP contribution in [0.25, 0.3) is 10.9 Å². The number of carboxylic acid groups (broad SMARTS) is 1. The number of benzene rings is 1. The van der Waals surface area contributed by atoms with Crippen LogP contribution in [0.3, 0.4) is 0 Å². The molecule has 5 fully saturated rings. The van der Waals surface area contributed by atoms with Gasteiger partial charge in [0, 0.05) is 35.2 Å². The second-order valence-electron chi connectivity index (χ2n) is 18.7. The minimum Gasteiger partial charge on any atom is -0.497 e. The van der Waals surface area contributed by atoms with Crippen molar-refractivity contribution in [3.8, 4) is 11.5 Å². The highest BCUT2D eigenvalue weighted by Crippen LogP contribution is 2.51. The predicted molar refractivity (Wildman–Crippen MR) is 218 cm³/mol. The average Bonchev–Trinajstić information content (AvgIpc) is 3.97. The van der Waals surface area contributed by atoms with Crippen LogP contribution in [0, 0.1) is 5.92 Å². The third-order valence-electron chi connectivity index (χ3n) is 14.8. The molecular formula is C44H57N5O9S. The van der Waals surface area contributed by atoms with Crippen molar-refractivity contribution in [3.63, 3.8) is 0 Å². The molecule has 3 N–H and O–H groups in total. The fourth-order valence-electron chi connectivity index (χ4n) is 10.5. The second-order valence-corrected chi connectivity index (χ2v) is 20.8. The van der Waals surface area contributed by atoms with E-state index in [1.807, 2.05) is 30.4 Å². The Labute approximate surface area is 345 Å². The molecule has 4 aliphatic carbocycles. The van der Waals surface area contributed by atoms with E-state index in [0.29, 0.717) is 69.3 Å². The number of nitrogens with one attached hydrogen (secondary N) is 2. The van der Waals surface area contributed by atoms with Crippen molar-refractivity contribution in [2.75, 3.05) is 13.7 Å². The number of aromatic nitrogens is 1. The molecule has 1 aromatic carbocycles. The lowest BCUT2D eigenvalue weighted by Gasteiger charge is -2.39. The molecule has 1 spiro atoms. The SMILES string of the molecule is COc1ccc2nc(C3CCC3)c3c(c2c1)CC[C@]1(C[C@H]2C(=O)N[C@]4(C(=O)NS(=O)(=O)C5(C)CC5)C[C@H]4/C=C\CCCCC[C@H](N(C(=O)O)C4CCCC4)C(=O)N2C1)O3. The van der Waals surface area contributed by atoms with Crippen molar-refractivity contribution < 1.29 is 42.2 Å². The van der Waals surface area contributed by atoms with Gasteiger partial charge in [-0.2, -0.15) is 0 Å². The summed E-state index contributed by atoms with van der Waals surface area (Å²) in [6, 6.07) is 3.44. The van der Waals surface area contributed by atoms with Crippen LogP contribution in [0.5, 0.6) is 11.5 Å². The molecule has 4 saturated carbocycles. The molecule has 1 aromatic heterocycles. The van der Waals surface area contributed by atoms with Gasteiger partial charge in [0.2, 0.25) is 21.8 Å². The maximum absolute atomic E-state index is 15.3. The van der Waals surface area contributed by atoms with Gasteiger partial charge in [0.05, 0.1) is 29.6 Å². The smallest absolute Gasteiger partial charge is 0.408 e. The number of amides is 4. The zero-order chi connectivity index (χ0) is 41.3. The molecule has 3 aliphatic heterocycles. The quantitative estimate of drug-likeness (QED) is 0.286. The Kier molecular flexibility index (Phi) is 10.1. The first-order valence-electron chi connectivity index (χ1n) is 21.8. The monoisotopic (exact) mass is 831 g/mol. The van der Waals surface area contributed by atoms with Gasteiger partial charge in [-0.3, -0.25) is 24.0 Å². The standard InChI is InChI=1S/C44H57N5O9S/c1-42(21-22-42)59(55,56)47-40(52)44-24-28(44)13-6-4-3-5-7-16-34(49(41(53)54)29-14-8-9-15-29)39(51)48-26-43(25-35(48)38(50)46-44)20-19-31-32-23-30(57-2)17-18-33(32)45-36(37(31)58-43)27-11-10-12-27/h6,13,17-18,23,27-29,34-35H,3-5,7-12,14-16,19-22,24-26H2,1-2H3,(H,46,50)(H,47,52)(H,53,54)/b13-6-/t28-,34+,35+,43-,44-/m1/s1. The minimum atomic E-state index is -4.00. The van der Waals surface area contributed by atoms with E-state index in [1.165, 1.54) is 9.80 Å². The van der Waals surface area contributed by atoms with E-state index in [9.17, 15) is 27.9 Å². The van der Waals surface area contributed by atoms with Crippen LogP contribution in [0.1, 0.15) is 133 Å². The molecule has 7 aliphatic rings. The van der Waals surface area contributed by atoms with E-state index in [0.717, 1.165) is 67.1 Å². The van der Waals surface area contributed by atoms with Gasteiger partial charge in [0.15, 0.2) is 0 Å². The molecule has 0 unspecified atom stereocenters. The fourth-order valence-corrected chi connectivity index (χ4v) is 11.8. The fraction of sp³-hybridized carbons (Fsp3) is 0.659. The number of allylic oxidation sites excluding steroid dienone is 1. The second kappa shape index (κ2) is 14.9. The van der Waals surface area contributed by atoms with Gasteiger partial charge in [-0.25, -0.2) is 18.2 Å². The van der Waals surface area contributed by atoms with Gasteiger partial charge < -0.3 is 24.8 Å². The van der Waals surface area contributed by atoms with E-state index in [2.05, 4.69) is 10.0 Å². The molecule has 4 amide bonds. The van der Waals surface area contributed by atoms with Gasteiger partial charge in [-0.1, -0.05) is 44.3 Å². The summed E-state index contributed by atoms with van der Waals surface area (Å²) in [5.74, 6) is -0.620. The highest BCUT2D eigenvalue weighted by molar-refractivity contribution is 7.91. The average molecular weight is 832 g/mol. The maximum Gasteiger partial charge on any atom is 0.408 e. The molecule has 14 nitrogen and oxygen atoms in total. The van der Waals surface area contributed by atoms with Gasteiger partial charge in [0.25, 0.3) is 5.91 Å². The van der Waals surface area contributed by atoms with Crippen molar-refractivity contribution in [2.24, 2.45) is 5.92 Å². The number of rotatable bonds is 7. The summed E-state index contributed by atoms with van der Waals surface area (Å²) in [6.07, 6.45) is 14.4. The lowest BCUT2D eigenvalue weighted by Crippen LogP contribution is -2.59. The number of carbonyl (C=O) groups is 4. The third-order valence-corrected chi connectivity index (χ3v) is 16.9. The normalized spacial score (nSPS) is 31.4. The number of carbonyl (C=O) groups excluding carboxylic acids is 3. The first-order chi connectivity index (χ1) is 28.3.